The monoisotopic (exact) mass is 484 g/mol. The second-order valence-electron chi connectivity index (χ2n) is 9.12. The van der Waals surface area contributed by atoms with Gasteiger partial charge in [-0.25, -0.2) is 9.78 Å². The Morgan fingerprint density at radius 1 is 1.09 bits per heavy atom. The maximum absolute atomic E-state index is 13.0. The highest BCUT2D eigenvalue weighted by molar-refractivity contribution is 6.02. The number of aryl methyl sites for hydroxylation is 1. The molecule has 0 radical (unpaired) electrons. The summed E-state index contributed by atoms with van der Waals surface area (Å²) in [6.45, 7) is 10.0. The number of hydrogen-bond donors (Lipinski definition) is 2. The summed E-state index contributed by atoms with van der Waals surface area (Å²) >= 11 is 0. The second-order valence-corrected chi connectivity index (χ2v) is 9.12. The number of pyridine rings is 1. The first-order valence-corrected chi connectivity index (χ1v) is 11.7. The van der Waals surface area contributed by atoms with Crippen LogP contribution in [0.1, 0.15) is 50.7 Å². The molecule has 0 aliphatic carbocycles. The van der Waals surface area contributed by atoms with Gasteiger partial charge in [-0.3, -0.25) is 9.59 Å². The van der Waals surface area contributed by atoms with Crippen LogP contribution in [0.15, 0.2) is 36.5 Å². The van der Waals surface area contributed by atoms with Crippen LogP contribution in [0.25, 0.3) is 11.1 Å². The molecule has 9 heteroatoms. The summed E-state index contributed by atoms with van der Waals surface area (Å²) in [7, 11) is 1.64. The quantitative estimate of drug-likeness (QED) is 0.495. The average Bonchev–Trinajstić information content (AvgIpc) is 2.79. The molecule has 0 aliphatic rings. The molecule has 1 heterocycles. The normalized spacial score (nSPS) is 11.0. The van der Waals surface area contributed by atoms with E-state index in [1.165, 1.54) is 17.4 Å². The number of aromatic nitrogens is 1. The van der Waals surface area contributed by atoms with Crippen molar-refractivity contribution in [2.75, 3.05) is 38.7 Å². The highest BCUT2D eigenvalue weighted by Crippen LogP contribution is 2.26. The molecule has 190 valence electrons. The Bertz CT molecular complexity index is 1030. The number of carbonyl (C=O) groups excluding carboxylic acids is 3. The van der Waals surface area contributed by atoms with Gasteiger partial charge in [-0.1, -0.05) is 31.2 Å². The molecule has 2 N–H and O–H groups in total. The molecule has 0 bridgehead atoms. The summed E-state index contributed by atoms with van der Waals surface area (Å²) < 4.78 is 10.7. The topological polar surface area (TPSA) is 110 Å². The number of benzene rings is 1. The molecular formula is C26H36N4O5. The van der Waals surface area contributed by atoms with Crippen LogP contribution in [0.5, 0.6) is 0 Å². The van der Waals surface area contributed by atoms with Crippen molar-refractivity contribution >= 4 is 23.6 Å². The van der Waals surface area contributed by atoms with Gasteiger partial charge in [-0.15, -0.1) is 0 Å². The predicted molar refractivity (Wildman–Crippen MR) is 135 cm³/mol. The first-order chi connectivity index (χ1) is 16.5. The summed E-state index contributed by atoms with van der Waals surface area (Å²) in [6.07, 6.45) is 2.04. The smallest absolute Gasteiger partial charge is 0.407 e. The van der Waals surface area contributed by atoms with E-state index in [2.05, 4.69) is 28.6 Å². The Morgan fingerprint density at radius 2 is 1.83 bits per heavy atom. The summed E-state index contributed by atoms with van der Waals surface area (Å²) in [5.74, 6) is -0.623. The fourth-order valence-corrected chi connectivity index (χ4v) is 3.17. The van der Waals surface area contributed by atoms with Crippen LogP contribution >= 0.6 is 0 Å². The van der Waals surface area contributed by atoms with Crippen molar-refractivity contribution in [3.63, 3.8) is 0 Å². The highest BCUT2D eigenvalue weighted by Gasteiger charge is 2.20. The number of nitrogens with one attached hydrogen (secondary N) is 2. The number of hydrogen-bond acceptors (Lipinski definition) is 6. The van der Waals surface area contributed by atoms with Crippen molar-refractivity contribution in [2.24, 2.45) is 0 Å². The van der Waals surface area contributed by atoms with E-state index in [0.717, 1.165) is 17.5 Å². The van der Waals surface area contributed by atoms with Crippen LogP contribution in [-0.2, 0) is 20.7 Å². The zero-order chi connectivity index (χ0) is 26.0. The highest BCUT2D eigenvalue weighted by atomic mass is 16.6. The van der Waals surface area contributed by atoms with Gasteiger partial charge >= 0.3 is 6.09 Å². The molecule has 0 saturated carbocycles. The van der Waals surface area contributed by atoms with Crippen molar-refractivity contribution in [3.05, 3.63) is 47.8 Å². The number of alkyl carbamates (subject to hydrolysis) is 1. The fraction of sp³-hybridized carbons (Fsp3) is 0.462. The fourth-order valence-electron chi connectivity index (χ4n) is 3.17. The number of ether oxygens (including phenoxy) is 2. The molecular weight excluding hydrogens is 448 g/mol. The second kappa shape index (κ2) is 12.9. The van der Waals surface area contributed by atoms with E-state index in [4.69, 9.17) is 9.47 Å². The molecule has 0 spiro atoms. The van der Waals surface area contributed by atoms with Crippen LogP contribution in [-0.4, -0.2) is 66.7 Å². The molecule has 0 atom stereocenters. The Balaban J connectivity index is 1.97. The minimum absolute atomic E-state index is 0.157. The van der Waals surface area contributed by atoms with Crippen molar-refractivity contribution in [1.82, 2.24) is 15.2 Å². The Hall–Kier alpha value is -3.46. The number of anilines is 1. The van der Waals surface area contributed by atoms with Gasteiger partial charge in [0.25, 0.3) is 5.91 Å². The SMILES string of the molecule is CCc1cccc(-c2cnc(C(=O)N(C)CCOCCNC(=O)OC(C)(C)C)c(NC(C)=O)c2)c1. The summed E-state index contributed by atoms with van der Waals surface area (Å²) in [5.41, 5.74) is 2.91. The molecule has 2 rings (SSSR count). The third kappa shape index (κ3) is 9.36. The molecule has 1 aromatic carbocycles. The predicted octanol–water partition coefficient (Wildman–Crippen LogP) is 3.88. The van der Waals surface area contributed by atoms with Gasteiger partial charge in [-0.2, -0.15) is 0 Å². The molecule has 1 aromatic heterocycles. The van der Waals surface area contributed by atoms with Crippen molar-refractivity contribution in [3.8, 4) is 11.1 Å². The lowest BCUT2D eigenvalue weighted by Crippen LogP contribution is -2.35. The molecule has 35 heavy (non-hydrogen) atoms. The minimum atomic E-state index is -0.560. The van der Waals surface area contributed by atoms with Crippen LogP contribution in [0.3, 0.4) is 0 Å². The van der Waals surface area contributed by atoms with Crippen LogP contribution < -0.4 is 10.6 Å². The Labute approximate surface area is 207 Å². The van der Waals surface area contributed by atoms with Crippen LogP contribution in [0.2, 0.25) is 0 Å². The maximum atomic E-state index is 13.0. The number of rotatable bonds is 10. The van der Waals surface area contributed by atoms with E-state index in [1.54, 1.807) is 40.1 Å². The van der Waals surface area contributed by atoms with Gasteiger partial charge < -0.3 is 25.0 Å². The van der Waals surface area contributed by atoms with Crippen LogP contribution in [0, 0.1) is 0 Å². The number of likely N-dealkylation sites (N-methyl/N-ethyl adjacent to an activating group) is 1. The van der Waals surface area contributed by atoms with E-state index in [-0.39, 0.29) is 30.7 Å². The van der Waals surface area contributed by atoms with E-state index < -0.39 is 11.7 Å². The first kappa shape index (κ1) is 27.8. The minimum Gasteiger partial charge on any atom is -0.444 e. The van der Waals surface area contributed by atoms with Gasteiger partial charge in [0.05, 0.1) is 18.9 Å². The molecule has 0 fully saturated rings. The first-order valence-electron chi connectivity index (χ1n) is 11.7. The zero-order valence-electron chi connectivity index (χ0n) is 21.4. The van der Waals surface area contributed by atoms with Gasteiger partial charge in [0, 0.05) is 38.8 Å². The lowest BCUT2D eigenvalue weighted by molar-refractivity contribution is -0.114. The Morgan fingerprint density at radius 3 is 2.49 bits per heavy atom. The van der Waals surface area contributed by atoms with Gasteiger partial charge in [0.15, 0.2) is 5.69 Å². The van der Waals surface area contributed by atoms with Gasteiger partial charge in [0.1, 0.15) is 5.60 Å². The number of amides is 3. The lowest BCUT2D eigenvalue weighted by Gasteiger charge is -2.20. The lowest BCUT2D eigenvalue weighted by atomic mass is 10.0. The van der Waals surface area contributed by atoms with Gasteiger partial charge in [-0.05, 0) is 44.4 Å². The van der Waals surface area contributed by atoms with Crippen molar-refractivity contribution in [1.29, 1.82) is 0 Å². The maximum Gasteiger partial charge on any atom is 0.407 e. The molecule has 2 aromatic rings. The van der Waals surface area contributed by atoms with Crippen LogP contribution in [0.4, 0.5) is 10.5 Å². The van der Waals surface area contributed by atoms with Gasteiger partial charge in [0.2, 0.25) is 5.91 Å². The largest absolute Gasteiger partial charge is 0.444 e. The van der Waals surface area contributed by atoms with E-state index in [9.17, 15) is 14.4 Å². The molecule has 9 nitrogen and oxygen atoms in total. The van der Waals surface area contributed by atoms with E-state index in [0.29, 0.717) is 18.8 Å². The average molecular weight is 485 g/mol. The molecule has 0 saturated heterocycles. The standard InChI is InChI=1S/C26H36N4O5/c1-7-19-9-8-10-20(15-19)21-16-22(29-18(2)31)23(28-17-21)24(32)30(6)12-14-34-13-11-27-25(33)35-26(3,4)5/h8-10,15-17H,7,11-14H2,1-6H3,(H,27,33)(H,29,31). The third-order valence-corrected chi connectivity index (χ3v) is 4.90. The Kier molecular flexibility index (Phi) is 10.2. The summed E-state index contributed by atoms with van der Waals surface area (Å²) in [4.78, 5) is 42.3. The van der Waals surface area contributed by atoms with Crippen molar-refractivity contribution in [2.45, 2.75) is 46.6 Å². The van der Waals surface area contributed by atoms with E-state index in [1.807, 2.05) is 18.2 Å². The van der Waals surface area contributed by atoms with E-state index >= 15 is 0 Å². The van der Waals surface area contributed by atoms with Crippen molar-refractivity contribution < 1.29 is 23.9 Å². The number of nitrogens with zero attached hydrogens (tertiary/aromatic N) is 2. The molecule has 0 aliphatic heterocycles. The summed E-state index contributed by atoms with van der Waals surface area (Å²) in [6, 6.07) is 9.83. The third-order valence-electron chi connectivity index (χ3n) is 4.90. The zero-order valence-corrected chi connectivity index (χ0v) is 21.4. The summed E-state index contributed by atoms with van der Waals surface area (Å²) in [5, 5.41) is 5.34. The molecule has 3 amide bonds. The number of carbonyl (C=O) groups is 3. The molecule has 0 unspecified atom stereocenters.